The van der Waals surface area contributed by atoms with Crippen molar-refractivity contribution in [3.8, 4) is 0 Å². The number of amides is 3. The van der Waals surface area contributed by atoms with Gasteiger partial charge in [0.2, 0.25) is 17.7 Å². The molecular weight excluding hydrogens is 396 g/mol. The van der Waals surface area contributed by atoms with Crippen LogP contribution in [0, 0.1) is 0 Å². The van der Waals surface area contributed by atoms with E-state index in [2.05, 4.69) is 31.2 Å². The van der Waals surface area contributed by atoms with E-state index in [0.717, 1.165) is 13.0 Å². The highest BCUT2D eigenvalue weighted by molar-refractivity contribution is 5.94. The van der Waals surface area contributed by atoms with Crippen LogP contribution in [0.4, 0.5) is 0 Å². The van der Waals surface area contributed by atoms with E-state index in [1.807, 2.05) is 0 Å². The third kappa shape index (κ3) is 6.52. The highest BCUT2D eigenvalue weighted by atomic mass is 16.4. The number of aliphatic hydroxyl groups is 1. The fraction of sp³-hybridized carbons (Fsp3) is 0.611. The average Bonchev–Trinajstić information content (AvgIpc) is 3.38. The zero-order valence-corrected chi connectivity index (χ0v) is 16.8. The molecule has 5 atom stereocenters. The number of carboxylic acid groups (broad SMARTS) is 1. The summed E-state index contributed by atoms with van der Waals surface area (Å²) >= 11 is 0. The van der Waals surface area contributed by atoms with E-state index < -0.39 is 42.0 Å². The average molecular weight is 424 g/mol. The van der Waals surface area contributed by atoms with Gasteiger partial charge in [-0.1, -0.05) is 0 Å². The monoisotopic (exact) mass is 424 g/mol. The molecule has 2 rings (SSSR count). The topological polar surface area (TPSA) is 186 Å². The summed E-state index contributed by atoms with van der Waals surface area (Å²) in [7, 11) is 0. The maximum Gasteiger partial charge on any atom is 0.328 e. The molecule has 5 unspecified atom stereocenters. The van der Waals surface area contributed by atoms with Gasteiger partial charge in [0.1, 0.15) is 12.1 Å². The van der Waals surface area contributed by atoms with Gasteiger partial charge in [0.05, 0.1) is 18.5 Å². The molecule has 1 fully saturated rings. The van der Waals surface area contributed by atoms with Gasteiger partial charge in [0.15, 0.2) is 6.04 Å². The fourth-order valence-electron chi connectivity index (χ4n) is 3.05. The Morgan fingerprint density at radius 2 is 1.93 bits per heavy atom. The molecule has 12 heteroatoms. The van der Waals surface area contributed by atoms with Gasteiger partial charge in [-0.25, -0.2) is 9.78 Å². The predicted octanol–water partition coefficient (Wildman–Crippen LogP) is -2.36. The first-order chi connectivity index (χ1) is 14.2. The normalized spacial score (nSPS) is 19.9. The summed E-state index contributed by atoms with van der Waals surface area (Å²) in [6.07, 6.45) is 3.09. The number of carboxylic acids is 1. The number of rotatable bonds is 10. The minimum absolute atomic E-state index is 0.00850. The second-order valence-corrected chi connectivity index (χ2v) is 7.29. The van der Waals surface area contributed by atoms with Gasteiger partial charge < -0.3 is 36.5 Å². The predicted molar refractivity (Wildman–Crippen MR) is 104 cm³/mol. The van der Waals surface area contributed by atoms with Crippen LogP contribution in [0.25, 0.3) is 0 Å². The van der Waals surface area contributed by atoms with E-state index in [4.69, 9.17) is 0 Å². The van der Waals surface area contributed by atoms with Crippen molar-refractivity contribution in [2.24, 2.45) is 0 Å². The number of carbonyl (C=O) groups excluding carboxylic acids is 3. The van der Waals surface area contributed by atoms with E-state index in [1.54, 1.807) is 0 Å². The number of carbonyl (C=O) groups is 4. The Balaban J connectivity index is 2.04. The van der Waals surface area contributed by atoms with Crippen molar-refractivity contribution in [2.45, 2.75) is 63.4 Å². The Kier molecular flexibility index (Phi) is 8.30. The highest BCUT2D eigenvalue weighted by Gasteiger charge is 2.31. The fourth-order valence-corrected chi connectivity index (χ4v) is 3.05. The quantitative estimate of drug-likeness (QED) is 0.217. The molecule has 0 aliphatic carbocycles. The molecule has 0 spiro atoms. The van der Waals surface area contributed by atoms with Crippen LogP contribution in [0.3, 0.4) is 0 Å². The standard InChI is InChI=1S/C18H28N6O6/c1-9(22-16(27)12-4-3-5-20-12)15(26)23-13(6-11-7-19-8-21-11)17(28)24-14(10(2)25)18(29)30/h7-10,12-14,20,25H,3-6H2,1-2H3,(H,19,21)(H,22,27)(H,23,26)(H,24,28)(H,29,30). The van der Waals surface area contributed by atoms with Crippen molar-refractivity contribution >= 4 is 23.7 Å². The molecule has 1 saturated heterocycles. The van der Waals surface area contributed by atoms with Crippen LogP contribution in [0.5, 0.6) is 0 Å². The summed E-state index contributed by atoms with van der Waals surface area (Å²) in [4.78, 5) is 55.3. The van der Waals surface area contributed by atoms with Crippen LogP contribution in [0.2, 0.25) is 0 Å². The van der Waals surface area contributed by atoms with Crippen molar-refractivity contribution in [3.63, 3.8) is 0 Å². The van der Waals surface area contributed by atoms with Gasteiger partial charge in [-0.05, 0) is 33.2 Å². The van der Waals surface area contributed by atoms with Crippen molar-refractivity contribution in [1.29, 1.82) is 0 Å². The minimum atomic E-state index is -1.54. The summed E-state index contributed by atoms with van der Waals surface area (Å²) < 4.78 is 0. The molecule has 1 aliphatic rings. The van der Waals surface area contributed by atoms with Crippen LogP contribution in [-0.4, -0.2) is 80.7 Å². The summed E-state index contributed by atoms with van der Waals surface area (Å²) in [5, 5.41) is 29.1. The van der Waals surface area contributed by atoms with Crippen LogP contribution < -0.4 is 21.3 Å². The third-order valence-electron chi connectivity index (χ3n) is 4.79. The molecule has 2 heterocycles. The molecule has 1 aromatic rings. The maximum atomic E-state index is 12.6. The molecule has 1 aliphatic heterocycles. The highest BCUT2D eigenvalue weighted by Crippen LogP contribution is 2.06. The van der Waals surface area contributed by atoms with Gasteiger partial charge in [0.25, 0.3) is 0 Å². The van der Waals surface area contributed by atoms with Gasteiger partial charge >= 0.3 is 5.97 Å². The Labute approximate surface area is 173 Å². The number of imidazole rings is 1. The van der Waals surface area contributed by atoms with E-state index in [9.17, 15) is 29.4 Å². The number of hydrogen-bond donors (Lipinski definition) is 7. The second kappa shape index (κ2) is 10.7. The first-order valence-electron chi connectivity index (χ1n) is 9.71. The zero-order chi connectivity index (χ0) is 22.3. The lowest BCUT2D eigenvalue weighted by Gasteiger charge is -2.24. The number of nitrogens with one attached hydrogen (secondary N) is 5. The summed E-state index contributed by atoms with van der Waals surface area (Å²) in [5.74, 6) is -3.11. The first-order valence-corrected chi connectivity index (χ1v) is 9.71. The lowest BCUT2D eigenvalue weighted by molar-refractivity contribution is -0.145. The molecule has 1 aromatic heterocycles. The number of nitrogens with zero attached hydrogens (tertiary/aromatic N) is 1. The van der Waals surface area contributed by atoms with Gasteiger partial charge in [0, 0.05) is 18.3 Å². The Morgan fingerprint density at radius 3 is 2.47 bits per heavy atom. The number of hydrogen-bond acceptors (Lipinski definition) is 7. The Bertz CT molecular complexity index is 746. The molecular formula is C18H28N6O6. The molecule has 166 valence electrons. The largest absolute Gasteiger partial charge is 0.480 e. The number of aliphatic carboxylic acids is 1. The first kappa shape index (κ1) is 23.3. The SMILES string of the molecule is CC(NC(=O)C1CCCN1)C(=O)NC(Cc1cnc[nH]1)C(=O)NC(C(=O)O)C(C)O. The molecule has 0 saturated carbocycles. The number of H-pyrrole nitrogens is 1. The molecule has 0 bridgehead atoms. The molecule has 12 nitrogen and oxygen atoms in total. The Hall–Kier alpha value is -2.99. The van der Waals surface area contributed by atoms with E-state index >= 15 is 0 Å². The van der Waals surface area contributed by atoms with Crippen LogP contribution in [0.1, 0.15) is 32.4 Å². The minimum Gasteiger partial charge on any atom is -0.480 e. The van der Waals surface area contributed by atoms with E-state index in [0.29, 0.717) is 12.1 Å². The molecule has 0 radical (unpaired) electrons. The lowest BCUT2D eigenvalue weighted by atomic mass is 10.1. The van der Waals surface area contributed by atoms with Crippen molar-refractivity contribution in [2.75, 3.05) is 6.54 Å². The summed E-state index contributed by atoms with van der Waals surface area (Å²) in [5.41, 5.74) is 0.534. The van der Waals surface area contributed by atoms with Crippen LogP contribution in [-0.2, 0) is 25.6 Å². The van der Waals surface area contributed by atoms with Crippen molar-refractivity contribution in [1.82, 2.24) is 31.2 Å². The third-order valence-corrected chi connectivity index (χ3v) is 4.79. The number of aliphatic hydroxyl groups excluding tert-OH is 1. The van der Waals surface area contributed by atoms with E-state index in [1.165, 1.54) is 26.4 Å². The van der Waals surface area contributed by atoms with E-state index in [-0.39, 0.29) is 18.4 Å². The van der Waals surface area contributed by atoms with Crippen molar-refractivity contribution in [3.05, 3.63) is 18.2 Å². The molecule has 30 heavy (non-hydrogen) atoms. The molecule has 3 amide bonds. The van der Waals surface area contributed by atoms with Crippen LogP contribution in [0.15, 0.2) is 12.5 Å². The van der Waals surface area contributed by atoms with Crippen LogP contribution >= 0.6 is 0 Å². The smallest absolute Gasteiger partial charge is 0.328 e. The van der Waals surface area contributed by atoms with Gasteiger partial charge in [-0.2, -0.15) is 0 Å². The molecule has 0 aromatic carbocycles. The number of aromatic amines is 1. The van der Waals surface area contributed by atoms with Gasteiger partial charge in [-0.15, -0.1) is 0 Å². The second-order valence-electron chi connectivity index (χ2n) is 7.29. The number of aromatic nitrogens is 2. The molecule has 7 N–H and O–H groups in total. The lowest BCUT2D eigenvalue weighted by Crippen LogP contribution is -2.58. The van der Waals surface area contributed by atoms with Crippen molar-refractivity contribution < 1.29 is 29.4 Å². The summed E-state index contributed by atoms with van der Waals surface area (Å²) in [6, 6.07) is -3.96. The Morgan fingerprint density at radius 1 is 1.20 bits per heavy atom. The van der Waals surface area contributed by atoms with Gasteiger partial charge in [-0.3, -0.25) is 14.4 Å². The zero-order valence-electron chi connectivity index (χ0n) is 16.8. The summed E-state index contributed by atoms with van der Waals surface area (Å²) in [6.45, 7) is 3.46. The maximum absolute atomic E-state index is 12.6.